The quantitative estimate of drug-likeness (QED) is 0.0685. The Hall–Kier alpha value is -1.02. The number of hydrogen-bond acceptors (Lipinski definition) is 10. The van der Waals surface area contributed by atoms with Crippen molar-refractivity contribution < 1.29 is 55.2 Å². The Morgan fingerprint density at radius 2 is 1.33 bits per heavy atom. The summed E-state index contributed by atoms with van der Waals surface area (Å²) in [5.74, 6) is 0. The number of alkyl halides is 1. The lowest BCUT2D eigenvalue weighted by molar-refractivity contribution is -0.0350. The summed E-state index contributed by atoms with van der Waals surface area (Å²) >= 11 is 0. The fraction of sp³-hybridized carbons (Fsp3) is 0.846. The summed E-state index contributed by atoms with van der Waals surface area (Å²) in [6, 6.07) is 0. The number of rotatable bonds is 24. The smallest absolute Gasteiger partial charge is 0.349 e. The fourth-order valence-corrected chi connectivity index (χ4v) is 8.32. The Bertz CT molecular complexity index is 1290. The van der Waals surface area contributed by atoms with Gasteiger partial charge in [0.05, 0.1) is 13.2 Å². The van der Waals surface area contributed by atoms with Crippen LogP contribution in [0.3, 0.4) is 0 Å². The Morgan fingerprint density at radius 3 is 1.87 bits per heavy atom. The van der Waals surface area contributed by atoms with Crippen LogP contribution in [0.5, 0.6) is 0 Å². The minimum Gasteiger partial charge on any atom is -0.349 e. The summed E-state index contributed by atoms with van der Waals surface area (Å²) in [6.07, 6.45) is 11.8. The molecule has 0 aromatic carbocycles. The van der Waals surface area contributed by atoms with E-state index in [0.29, 0.717) is 12.8 Å². The molecule has 1 aromatic rings. The first-order chi connectivity index (χ1) is 21.1. The number of ether oxygens (including phenoxy) is 1. The van der Waals surface area contributed by atoms with Crippen LogP contribution in [0, 0.1) is 6.92 Å². The Kier molecular flexibility index (Phi) is 17.6. The monoisotopic (exact) mass is 708 g/mol. The maximum absolute atomic E-state index is 14.5. The molecular weight excluding hydrogens is 660 g/mol. The Morgan fingerprint density at radius 1 is 0.844 bits per heavy atom. The second-order valence-corrected chi connectivity index (χ2v) is 15.8. The number of nitrogens with zero attached hydrogens (tertiary/aromatic N) is 1. The molecule has 2 rings (SSSR count). The van der Waals surface area contributed by atoms with Gasteiger partial charge in [-0.05, 0) is 13.3 Å². The lowest BCUT2D eigenvalue weighted by Crippen LogP contribution is -2.33. The number of unbranched alkanes of at least 4 members (excludes halogenated alkanes) is 13. The second-order valence-electron chi connectivity index (χ2n) is 11.2. The topological polar surface area (TPSA) is 213 Å². The van der Waals surface area contributed by atoms with Crippen molar-refractivity contribution in [2.75, 3.05) is 13.2 Å². The van der Waals surface area contributed by atoms with Gasteiger partial charge in [-0.2, -0.15) is 8.62 Å². The van der Waals surface area contributed by atoms with E-state index in [1.807, 2.05) is 4.98 Å². The molecule has 19 heteroatoms. The first kappa shape index (κ1) is 40.2. The van der Waals surface area contributed by atoms with Gasteiger partial charge in [0, 0.05) is 18.2 Å². The standard InChI is InChI=1S/C26H48FN2O13P3/c1-3-4-5-6-7-8-9-10-11-12-13-14-15-16-17-38-43(32,33)41-45(36,37)42-44(34,35)39-20-23-22(27)18-24(40-23)29-19-21(2)25(30)28-26(29)31/h19,22-24H,3-18,20H2,1-2H3,(H,32,33)(H,34,35)(H,36,37)(H,28,30,31)/t22-,23+,24+/m0/s1. The van der Waals surface area contributed by atoms with Crippen molar-refractivity contribution in [2.24, 2.45) is 0 Å². The molecule has 15 nitrogen and oxygen atoms in total. The van der Waals surface area contributed by atoms with E-state index in [9.17, 15) is 42.4 Å². The second kappa shape index (κ2) is 19.7. The predicted octanol–water partition coefficient (Wildman–Crippen LogP) is 6.32. The van der Waals surface area contributed by atoms with Crippen LogP contribution in [0.15, 0.2) is 15.8 Å². The molecule has 3 unspecified atom stereocenters. The molecular formula is C26H48FN2O13P3. The number of aromatic nitrogens is 2. The van der Waals surface area contributed by atoms with E-state index in [1.165, 1.54) is 58.3 Å². The van der Waals surface area contributed by atoms with Gasteiger partial charge in [0.15, 0.2) is 0 Å². The van der Waals surface area contributed by atoms with Gasteiger partial charge >= 0.3 is 29.2 Å². The summed E-state index contributed by atoms with van der Waals surface area (Å²) in [5, 5.41) is 0. The maximum atomic E-state index is 14.5. The molecule has 4 N–H and O–H groups in total. The lowest BCUT2D eigenvalue weighted by atomic mass is 10.0. The van der Waals surface area contributed by atoms with Crippen molar-refractivity contribution in [2.45, 2.75) is 129 Å². The normalized spacial score (nSPS) is 22.6. The van der Waals surface area contributed by atoms with Crippen LogP contribution in [-0.2, 0) is 36.1 Å². The molecule has 262 valence electrons. The lowest BCUT2D eigenvalue weighted by Gasteiger charge is -2.20. The van der Waals surface area contributed by atoms with Gasteiger partial charge in [-0.15, -0.1) is 0 Å². The van der Waals surface area contributed by atoms with Gasteiger partial charge in [0.2, 0.25) is 0 Å². The van der Waals surface area contributed by atoms with Crippen molar-refractivity contribution in [3.63, 3.8) is 0 Å². The number of nitrogens with one attached hydrogen (secondary N) is 1. The Labute approximate surface area is 262 Å². The molecule has 2 heterocycles. The molecule has 1 fully saturated rings. The van der Waals surface area contributed by atoms with E-state index in [-0.39, 0.29) is 18.6 Å². The molecule has 0 saturated carbocycles. The molecule has 0 spiro atoms. The zero-order chi connectivity index (χ0) is 33.5. The molecule has 6 atom stereocenters. The number of phosphoric acid groups is 3. The SMILES string of the molecule is CCCCCCCCCCCCCCCCOP(=O)(O)OP(=O)(O)OP(=O)(O)OC[C@H]1O[C@@H](n2cc(C)c(=O)[nH]c2=O)C[C@@H]1F. The first-order valence-corrected chi connectivity index (χ1v) is 19.9. The predicted molar refractivity (Wildman–Crippen MR) is 163 cm³/mol. The van der Waals surface area contributed by atoms with Gasteiger partial charge in [-0.25, -0.2) is 22.9 Å². The zero-order valence-corrected chi connectivity index (χ0v) is 28.6. The number of phosphoric ester groups is 2. The third-order valence-electron chi connectivity index (χ3n) is 7.19. The molecule has 1 saturated heterocycles. The van der Waals surface area contributed by atoms with Gasteiger partial charge < -0.3 is 19.4 Å². The first-order valence-electron chi connectivity index (χ1n) is 15.5. The van der Waals surface area contributed by atoms with E-state index in [0.717, 1.165) is 36.4 Å². The molecule has 45 heavy (non-hydrogen) atoms. The number of halogens is 1. The highest BCUT2D eigenvalue weighted by atomic mass is 31.3. The summed E-state index contributed by atoms with van der Waals surface area (Å²) < 4.78 is 74.5. The van der Waals surface area contributed by atoms with Gasteiger partial charge in [-0.3, -0.25) is 23.4 Å². The van der Waals surface area contributed by atoms with Crippen LogP contribution < -0.4 is 11.2 Å². The van der Waals surface area contributed by atoms with Crippen molar-refractivity contribution in [3.8, 4) is 0 Å². The van der Waals surface area contributed by atoms with Crippen molar-refractivity contribution >= 4 is 23.5 Å². The van der Waals surface area contributed by atoms with Gasteiger partial charge in [0.1, 0.15) is 18.5 Å². The average Bonchev–Trinajstić information content (AvgIpc) is 3.30. The Balaban J connectivity index is 1.64. The highest BCUT2D eigenvalue weighted by Gasteiger charge is 2.44. The van der Waals surface area contributed by atoms with Crippen molar-refractivity contribution in [1.29, 1.82) is 0 Å². The van der Waals surface area contributed by atoms with Crippen molar-refractivity contribution in [1.82, 2.24) is 9.55 Å². The highest BCUT2D eigenvalue weighted by Crippen LogP contribution is 2.67. The van der Waals surface area contributed by atoms with Crippen LogP contribution in [0.4, 0.5) is 4.39 Å². The van der Waals surface area contributed by atoms with Gasteiger partial charge in [-0.1, -0.05) is 90.4 Å². The number of H-pyrrole nitrogens is 1. The third-order valence-corrected chi connectivity index (χ3v) is 11.5. The third kappa shape index (κ3) is 16.1. The molecule has 1 aliphatic heterocycles. The number of hydrogen-bond donors (Lipinski definition) is 4. The molecule has 0 bridgehead atoms. The average molecular weight is 709 g/mol. The van der Waals surface area contributed by atoms with Crippen LogP contribution in [0.2, 0.25) is 0 Å². The molecule has 1 aromatic heterocycles. The van der Waals surface area contributed by atoms with Crippen LogP contribution >= 0.6 is 23.5 Å². The van der Waals surface area contributed by atoms with E-state index in [1.54, 1.807) is 0 Å². The maximum Gasteiger partial charge on any atom is 0.490 e. The summed E-state index contributed by atoms with van der Waals surface area (Å²) in [5.41, 5.74) is -1.34. The molecule has 1 aliphatic rings. The van der Waals surface area contributed by atoms with Crippen LogP contribution in [-0.4, -0.2) is 49.7 Å². The van der Waals surface area contributed by atoms with E-state index in [4.69, 9.17) is 4.74 Å². The largest absolute Gasteiger partial charge is 0.490 e. The van der Waals surface area contributed by atoms with Crippen LogP contribution in [0.1, 0.15) is 115 Å². The highest BCUT2D eigenvalue weighted by molar-refractivity contribution is 7.66. The summed E-state index contributed by atoms with van der Waals surface area (Å²) in [4.78, 5) is 54.9. The minimum atomic E-state index is -5.67. The molecule has 0 aliphatic carbocycles. The van der Waals surface area contributed by atoms with E-state index >= 15 is 0 Å². The minimum absolute atomic E-state index is 0.157. The van der Waals surface area contributed by atoms with Crippen molar-refractivity contribution in [3.05, 3.63) is 32.6 Å². The van der Waals surface area contributed by atoms with Crippen LogP contribution in [0.25, 0.3) is 0 Å². The van der Waals surface area contributed by atoms with Gasteiger partial charge in [0.25, 0.3) is 5.56 Å². The molecule has 0 amide bonds. The van der Waals surface area contributed by atoms with E-state index < -0.39 is 59.8 Å². The number of aryl methyl sites for hydroxylation is 1. The molecule has 0 radical (unpaired) electrons. The number of aromatic amines is 1. The summed E-state index contributed by atoms with van der Waals surface area (Å²) in [6.45, 7) is 2.39. The van der Waals surface area contributed by atoms with E-state index in [2.05, 4.69) is 24.6 Å². The summed E-state index contributed by atoms with van der Waals surface area (Å²) in [7, 11) is -16.3. The fourth-order valence-electron chi connectivity index (χ4n) is 4.78. The zero-order valence-electron chi connectivity index (χ0n) is 25.9.